The summed E-state index contributed by atoms with van der Waals surface area (Å²) >= 11 is 0. The second kappa shape index (κ2) is 7.46. The zero-order valence-electron chi connectivity index (χ0n) is 19.5. The molecule has 4 rings (SSSR count). The summed E-state index contributed by atoms with van der Waals surface area (Å²) in [6, 6.07) is 0. The number of hydrogen-bond donors (Lipinski definition) is 1. The SMILES string of the molecule is COC(=O)CC[C@@H](C)[C@H]1CC[C@H]2[C@@H]3CC=C4C[C@@](C)(O)CC[C@]4(C)[C@H]3C(=O)C[C@]12C. The molecule has 1 N–H and O–H groups in total. The van der Waals surface area contributed by atoms with Crippen molar-refractivity contribution in [3.05, 3.63) is 11.6 Å². The van der Waals surface area contributed by atoms with Crippen molar-refractivity contribution < 1.29 is 19.4 Å². The van der Waals surface area contributed by atoms with Crippen molar-refractivity contribution in [2.45, 2.75) is 91.1 Å². The van der Waals surface area contributed by atoms with Crippen molar-refractivity contribution in [1.82, 2.24) is 0 Å². The molecular formula is C26H40O4. The molecule has 0 aliphatic heterocycles. The predicted octanol–water partition coefficient (Wildman–Crippen LogP) is 5.08. The fraction of sp³-hybridized carbons (Fsp3) is 0.846. The molecule has 0 aromatic carbocycles. The van der Waals surface area contributed by atoms with Crippen molar-refractivity contribution in [3.63, 3.8) is 0 Å². The lowest BCUT2D eigenvalue weighted by molar-refractivity contribution is -0.147. The summed E-state index contributed by atoms with van der Waals surface area (Å²) in [4.78, 5) is 25.4. The number of carbonyl (C=O) groups excluding carboxylic acids is 2. The lowest BCUT2D eigenvalue weighted by Crippen LogP contribution is -2.56. The van der Waals surface area contributed by atoms with E-state index in [0.29, 0.717) is 42.3 Å². The highest BCUT2D eigenvalue weighted by Gasteiger charge is 2.62. The van der Waals surface area contributed by atoms with Crippen LogP contribution in [-0.4, -0.2) is 29.6 Å². The first-order valence-corrected chi connectivity index (χ1v) is 12.0. The van der Waals surface area contributed by atoms with E-state index in [1.54, 1.807) is 0 Å². The predicted molar refractivity (Wildman–Crippen MR) is 117 cm³/mol. The Bertz CT molecular complexity index is 752. The number of rotatable bonds is 4. The van der Waals surface area contributed by atoms with Gasteiger partial charge in [0, 0.05) is 18.8 Å². The van der Waals surface area contributed by atoms with Gasteiger partial charge in [0.2, 0.25) is 0 Å². The minimum Gasteiger partial charge on any atom is -0.469 e. The first-order valence-electron chi connectivity index (χ1n) is 12.0. The quantitative estimate of drug-likeness (QED) is 0.512. The molecule has 0 saturated heterocycles. The number of fused-ring (bicyclic) bond motifs is 5. The van der Waals surface area contributed by atoms with Gasteiger partial charge in [-0.1, -0.05) is 32.4 Å². The topological polar surface area (TPSA) is 63.6 Å². The van der Waals surface area contributed by atoms with Gasteiger partial charge in [-0.2, -0.15) is 0 Å². The van der Waals surface area contributed by atoms with Crippen LogP contribution >= 0.6 is 0 Å². The van der Waals surface area contributed by atoms with E-state index < -0.39 is 5.60 Å². The van der Waals surface area contributed by atoms with E-state index in [1.807, 2.05) is 6.92 Å². The molecule has 0 bridgehead atoms. The second-order valence-corrected chi connectivity index (χ2v) is 11.7. The molecule has 4 heteroatoms. The average Bonchev–Trinajstić information content (AvgIpc) is 3.02. The first-order chi connectivity index (χ1) is 14.0. The van der Waals surface area contributed by atoms with Gasteiger partial charge < -0.3 is 9.84 Å². The van der Waals surface area contributed by atoms with Gasteiger partial charge in [0.05, 0.1) is 12.7 Å². The van der Waals surface area contributed by atoms with Gasteiger partial charge in [0.1, 0.15) is 5.78 Å². The monoisotopic (exact) mass is 416 g/mol. The van der Waals surface area contributed by atoms with Crippen LogP contribution in [0.25, 0.3) is 0 Å². The largest absolute Gasteiger partial charge is 0.469 e. The Morgan fingerprint density at radius 1 is 1.23 bits per heavy atom. The van der Waals surface area contributed by atoms with Gasteiger partial charge in [-0.3, -0.25) is 9.59 Å². The maximum Gasteiger partial charge on any atom is 0.305 e. The van der Waals surface area contributed by atoms with Crippen molar-refractivity contribution >= 4 is 11.8 Å². The highest BCUT2D eigenvalue weighted by molar-refractivity contribution is 5.85. The molecule has 0 heterocycles. The molecule has 3 saturated carbocycles. The standard InChI is InChI=1S/C26H40O4/c1-16(6-11-22(28)30-5)19-9-10-20-18-8-7-17-14-24(2,29)12-13-25(17,3)23(18)21(27)15-26(19,20)4/h7,16,18-20,23,29H,6,8-15H2,1-5H3/t16-,18+,19-,20+,23-,24+,25+,26-/m1/s1. The van der Waals surface area contributed by atoms with Gasteiger partial charge in [-0.05, 0) is 86.4 Å². The fourth-order valence-corrected chi connectivity index (χ4v) is 8.26. The minimum absolute atomic E-state index is 0.0512. The zero-order valence-corrected chi connectivity index (χ0v) is 19.5. The number of methoxy groups -OCH3 is 1. The highest BCUT2D eigenvalue weighted by atomic mass is 16.5. The normalized spacial score (nSPS) is 46.3. The van der Waals surface area contributed by atoms with E-state index in [9.17, 15) is 14.7 Å². The second-order valence-electron chi connectivity index (χ2n) is 11.7. The molecule has 0 aromatic heterocycles. The number of allylic oxidation sites excluding steroid dienone is 1. The minimum atomic E-state index is -0.627. The third-order valence-corrected chi connectivity index (χ3v) is 9.86. The number of hydrogen-bond acceptors (Lipinski definition) is 4. The van der Waals surface area contributed by atoms with Crippen molar-refractivity contribution in [2.24, 2.45) is 40.4 Å². The number of aliphatic hydroxyl groups is 1. The third-order valence-electron chi connectivity index (χ3n) is 9.86. The van der Waals surface area contributed by atoms with Gasteiger partial charge in [0.15, 0.2) is 0 Å². The van der Waals surface area contributed by atoms with Gasteiger partial charge >= 0.3 is 5.97 Å². The van der Waals surface area contributed by atoms with Crippen LogP contribution in [0.1, 0.15) is 85.5 Å². The molecule has 0 radical (unpaired) electrons. The number of esters is 1. The Morgan fingerprint density at radius 3 is 2.67 bits per heavy atom. The average molecular weight is 417 g/mol. The molecule has 0 aromatic rings. The summed E-state index contributed by atoms with van der Waals surface area (Å²) in [6.07, 6.45) is 10.2. The molecule has 4 aliphatic carbocycles. The molecule has 4 aliphatic rings. The Hall–Kier alpha value is -1.16. The van der Waals surface area contributed by atoms with Crippen LogP contribution in [0.2, 0.25) is 0 Å². The van der Waals surface area contributed by atoms with Crippen LogP contribution in [0.15, 0.2) is 11.6 Å². The summed E-state index contributed by atoms with van der Waals surface area (Å²) in [7, 11) is 1.45. The molecule has 3 fully saturated rings. The van der Waals surface area contributed by atoms with Crippen LogP contribution in [0, 0.1) is 40.4 Å². The van der Waals surface area contributed by atoms with Crippen LogP contribution < -0.4 is 0 Å². The summed E-state index contributed by atoms with van der Waals surface area (Å²) in [5.41, 5.74) is 0.684. The van der Waals surface area contributed by atoms with E-state index in [1.165, 1.54) is 25.5 Å². The lowest BCUT2D eigenvalue weighted by Gasteiger charge is -2.58. The van der Waals surface area contributed by atoms with Gasteiger partial charge in [0.25, 0.3) is 0 Å². The first kappa shape index (κ1) is 22.0. The molecular weight excluding hydrogens is 376 g/mol. The highest BCUT2D eigenvalue weighted by Crippen LogP contribution is 2.66. The van der Waals surface area contributed by atoms with Gasteiger partial charge in [-0.25, -0.2) is 0 Å². The Labute approximate surface area is 181 Å². The van der Waals surface area contributed by atoms with E-state index in [0.717, 1.165) is 32.1 Å². The summed E-state index contributed by atoms with van der Waals surface area (Å²) < 4.78 is 4.84. The number of ether oxygens (including phenoxy) is 1. The molecule has 0 amide bonds. The molecule has 4 nitrogen and oxygen atoms in total. The fourth-order valence-electron chi connectivity index (χ4n) is 8.26. The van der Waals surface area contributed by atoms with Gasteiger partial charge in [-0.15, -0.1) is 0 Å². The van der Waals surface area contributed by atoms with E-state index in [2.05, 4.69) is 26.8 Å². The molecule has 0 spiro atoms. The van der Waals surface area contributed by atoms with E-state index in [4.69, 9.17) is 4.74 Å². The maximum absolute atomic E-state index is 13.7. The Balaban J connectivity index is 1.58. The molecule has 0 unspecified atom stereocenters. The van der Waals surface area contributed by atoms with Crippen LogP contribution in [-0.2, 0) is 14.3 Å². The number of Topliss-reactive ketones (excluding diaryl/α,β-unsaturated/α-hetero) is 1. The summed E-state index contributed by atoms with van der Waals surface area (Å²) in [5, 5.41) is 10.6. The zero-order chi connectivity index (χ0) is 21.9. The molecule has 168 valence electrons. The summed E-state index contributed by atoms with van der Waals surface area (Å²) in [5.74, 6) is 2.40. The van der Waals surface area contributed by atoms with Crippen molar-refractivity contribution in [2.75, 3.05) is 7.11 Å². The smallest absolute Gasteiger partial charge is 0.305 e. The number of ketones is 1. The van der Waals surface area contributed by atoms with Crippen LogP contribution in [0.4, 0.5) is 0 Å². The van der Waals surface area contributed by atoms with Crippen LogP contribution in [0.5, 0.6) is 0 Å². The maximum atomic E-state index is 13.7. The summed E-state index contributed by atoms with van der Waals surface area (Å²) in [6.45, 7) is 8.87. The lowest BCUT2D eigenvalue weighted by atomic mass is 9.46. The van der Waals surface area contributed by atoms with Crippen LogP contribution in [0.3, 0.4) is 0 Å². The molecule has 8 atom stereocenters. The van der Waals surface area contributed by atoms with E-state index in [-0.39, 0.29) is 22.7 Å². The van der Waals surface area contributed by atoms with E-state index >= 15 is 0 Å². The van der Waals surface area contributed by atoms with Crippen molar-refractivity contribution in [1.29, 1.82) is 0 Å². The van der Waals surface area contributed by atoms with Crippen molar-refractivity contribution in [3.8, 4) is 0 Å². The third kappa shape index (κ3) is 3.38. The molecule has 30 heavy (non-hydrogen) atoms. The Kier molecular flexibility index (Phi) is 5.48. The number of carbonyl (C=O) groups is 2. The Morgan fingerprint density at radius 2 is 1.97 bits per heavy atom.